The molecule has 98 valence electrons. The van der Waals surface area contributed by atoms with E-state index in [1.165, 1.54) is 17.5 Å². The van der Waals surface area contributed by atoms with E-state index >= 15 is 0 Å². The minimum Gasteiger partial charge on any atom is -0.386 e. The first-order valence-corrected chi connectivity index (χ1v) is 7.01. The van der Waals surface area contributed by atoms with Crippen LogP contribution in [0.15, 0.2) is 36.5 Å². The van der Waals surface area contributed by atoms with Crippen LogP contribution in [0, 0.1) is 11.8 Å². The molecule has 1 aromatic heterocycles. The van der Waals surface area contributed by atoms with Gasteiger partial charge in [-0.2, -0.15) is 5.10 Å². The Morgan fingerprint density at radius 1 is 1.32 bits per heavy atom. The normalized spacial score (nSPS) is 29.5. The summed E-state index contributed by atoms with van der Waals surface area (Å²) in [5.74, 6) is 1.58. The smallest absolute Gasteiger partial charge is 0.0993 e. The Balaban J connectivity index is 1.66. The largest absolute Gasteiger partial charge is 0.386 e. The summed E-state index contributed by atoms with van der Waals surface area (Å²) in [7, 11) is 1.90. The molecule has 1 aromatic carbocycles. The molecule has 4 unspecified atom stereocenters. The molecular weight excluding hydrogens is 236 g/mol. The van der Waals surface area contributed by atoms with Crippen LogP contribution in [0.5, 0.6) is 0 Å². The minimum atomic E-state index is -0.381. The van der Waals surface area contributed by atoms with Crippen molar-refractivity contribution in [3.05, 3.63) is 53.3 Å². The Kier molecular flexibility index (Phi) is 2.33. The summed E-state index contributed by atoms with van der Waals surface area (Å²) in [4.78, 5) is 0. The van der Waals surface area contributed by atoms with E-state index in [4.69, 9.17) is 0 Å². The zero-order chi connectivity index (χ0) is 13.0. The second kappa shape index (κ2) is 3.94. The van der Waals surface area contributed by atoms with Crippen molar-refractivity contribution in [3.63, 3.8) is 0 Å². The van der Waals surface area contributed by atoms with Crippen LogP contribution in [0.2, 0.25) is 0 Å². The van der Waals surface area contributed by atoms with Crippen molar-refractivity contribution in [2.75, 3.05) is 0 Å². The van der Waals surface area contributed by atoms with E-state index in [1.54, 1.807) is 10.9 Å². The molecule has 0 spiro atoms. The van der Waals surface area contributed by atoms with Gasteiger partial charge in [-0.3, -0.25) is 4.68 Å². The predicted molar refractivity (Wildman–Crippen MR) is 72.7 cm³/mol. The maximum absolute atomic E-state index is 10.6. The van der Waals surface area contributed by atoms with Crippen molar-refractivity contribution >= 4 is 0 Å². The lowest BCUT2D eigenvalue weighted by Gasteiger charge is -2.13. The van der Waals surface area contributed by atoms with Crippen molar-refractivity contribution in [3.8, 4) is 0 Å². The highest BCUT2D eigenvalue weighted by molar-refractivity contribution is 5.40. The van der Waals surface area contributed by atoms with Crippen LogP contribution >= 0.6 is 0 Å². The number of hydrogen-bond acceptors (Lipinski definition) is 2. The van der Waals surface area contributed by atoms with Crippen LogP contribution in [0.4, 0.5) is 0 Å². The fraction of sp³-hybridized carbons (Fsp3) is 0.438. The third-order valence-corrected chi connectivity index (χ3v) is 4.92. The lowest BCUT2D eigenvalue weighted by Crippen LogP contribution is -2.08. The number of fused-ring (bicyclic) bond motifs is 3. The SMILES string of the molecule is Cn1nccc1C(O)C1C2CCc3ccccc3C21. The molecule has 2 aliphatic carbocycles. The first-order chi connectivity index (χ1) is 9.27. The van der Waals surface area contributed by atoms with Gasteiger partial charge >= 0.3 is 0 Å². The predicted octanol–water partition coefficient (Wildman–Crippen LogP) is 2.43. The van der Waals surface area contributed by atoms with E-state index in [2.05, 4.69) is 29.4 Å². The zero-order valence-electron chi connectivity index (χ0n) is 11.0. The number of aromatic nitrogens is 2. The number of hydrogen-bond donors (Lipinski definition) is 1. The van der Waals surface area contributed by atoms with Crippen LogP contribution < -0.4 is 0 Å². The summed E-state index contributed by atoms with van der Waals surface area (Å²) in [6.07, 6.45) is 3.75. The number of nitrogens with zero attached hydrogens (tertiary/aromatic N) is 2. The van der Waals surface area contributed by atoms with Gasteiger partial charge in [0.15, 0.2) is 0 Å². The van der Waals surface area contributed by atoms with Gasteiger partial charge in [0.1, 0.15) is 0 Å². The molecule has 2 aliphatic rings. The molecule has 1 saturated carbocycles. The van der Waals surface area contributed by atoms with E-state index in [0.717, 1.165) is 12.1 Å². The highest BCUT2D eigenvalue weighted by Gasteiger charge is 2.56. The Hall–Kier alpha value is -1.61. The maximum Gasteiger partial charge on any atom is 0.0993 e. The van der Waals surface area contributed by atoms with E-state index in [9.17, 15) is 5.11 Å². The van der Waals surface area contributed by atoms with Gasteiger partial charge < -0.3 is 5.11 Å². The van der Waals surface area contributed by atoms with Gasteiger partial charge in [-0.25, -0.2) is 0 Å². The minimum absolute atomic E-state index is 0.374. The van der Waals surface area contributed by atoms with Gasteiger partial charge in [-0.05, 0) is 41.9 Å². The summed E-state index contributed by atoms with van der Waals surface area (Å²) < 4.78 is 1.79. The third-order valence-electron chi connectivity index (χ3n) is 4.92. The van der Waals surface area contributed by atoms with E-state index in [0.29, 0.717) is 17.8 Å². The maximum atomic E-state index is 10.6. The standard InChI is InChI=1S/C16H18N2O/c1-18-13(8-9-17-18)16(19)15-12-7-6-10-4-2-3-5-11(10)14(12)15/h2-5,8-9,12,14-16,19H,6-7H2,1H3. The van der Waals surface area contributed by atoms with Crippen molar-refractivity contribution in [2.45, 2.75) is 24.9 Å². The second-order valence-corrected chi connectivity index (χ2v) is 5.83. The summed E-state index contributed by atoms with van der Waals surface area (Å²) in [5, 5.41) is 14.8. The van der Waals surface area contributed by atoms with Gasteiger partial charge in [0.05, 0.1) is 11.8 Å². The van der Waals surface area contributed by atoms with Gasteiger partial charge in [-0.1, -0.05) is 24.3 Å². The highest BCUT2D eigenvalue weighted by atomic mass is 16.3. The van der Waals surface area contributed by atoms with E-state index in [-0.39, 0.29) is 6.10 Å². The zero-order valence-corrected chi connectivity index (χ0v) is 11.0. The Bertz CT molecular complexity index is 619. The van der Waals surface area contributed by atoms with Crippen LogP contribution in [0.3, 0.4) is 0 Å². The molecule has 1 fully saturated rings. The summed E-state index contributed by atoms with van der Waals surface area (Å²) in [5.41, 5.74) is 3.88. The van der Waals surface area contributed by atoms with Crippen molar-refractivity contribution in [2.24, 2.45) is 18.9 Å². The van der Waals surface area contributed by atoms with Gasteiger partial charge in [0.2, 0.25) is 0 Å². The molecule has 4 atom stereocenters. The number of aliphatic hydroxyl groups excluding tert-OH is 1. The summed E-state index contributed by atoms with van der Waals surface area (Å²) >= 11 is 0. The average molecular weight is 254 g/mol. The second-order valence-electron chi connectivity index (χ2n) is 5.83. The molecule has 1 heterocycles. The highest BCUT2D eigenvalue weighted by Crippen LogP contribution is 2.64. The first-order valence-electron chi connectivity index (χ1n) is 7.01. The number of aryl methyl sites for hydroxylation is 2. The summed E-state index contributed by atoms with van der Waals surface area (Å²) in [6, 6.07) is 10.6. The van der Waals surface area contributed by atoms with Gasteiger partial charge in [-0.15, -0.1) is 0 Å². The fourth-order valence-electron chi connectivity index (χ4n) is 3.92. The molecule has 0 bridgehead atoms. The molecule has 19 heavy (non-hydrogen) atoms. The molecule has 2 aromatic rings. The number of benzene rings is 1. The monoisotopic (exact) mass is 254 g/mol. The molecule has 0 radical (unpaired) electrons. The van der Waals surface area contributed by atoms with E-state index in [1.807, 2.05) is 13.1 Å². The lowest BCUT2D eigenvalue weighted by atomic mass is 9.92. The number of rotatable bonds is 2. The van der Waals surface area contributed by atoms with Crippen LogP contribution in [0.1, 0.15) is 35.3 Å². The first kappa shape index (κ1) is 11.2. The van der Waals surface area contributed by atoms with Crippen molar-refractivity contribution in [1.29, 1.82) is 0 Å². The van der Waals surface area contributed by atoms with Gasteiger partial charge in [0.25, 0.3) is 0 Å². The Morgan fingerprint density at radius 2 is 2.16 bits per heavy atom. The molecule has 0 saturated heterocycles. The fourth-order valence-corrected chi connectivity index (χ4v) is 3.92. The Morgan fingerprint density at radius 3 is 2.95 bits per heavy atom. The molecule has 3 nitrogen and oxygen atoms in total. The van der Waals surface area contributed by atoms with Gasteiger partial charge in [0, 0.05) is 19.2 Å². The van der Waals surface area contributed by atoms with Crippen molar-refractivity contribution in [1.82, 2.24) is 9.78 Å². The topological polar surface area (TPSA) is 38.0 Å². The van der Waals surface area contributed by atoms with Crippen LogP contribution in [0.25, 0.3) is 0 Å². The molecule has 1 N–H and O–H groups in total. The summed E-state index contributed by atoms with van der Waals surface area (Å²) in [6.45, 7) is 0. The molecule has 0 aliphatic heterocycles. The van der Waals surface area contributed by atoms with Crippen molar-refractivity contribution < 1.29 is 5.11 Å². The van der Waals surface area contributed by atoms with Crippen LogP contribution in [-0.4, -0.2) is 14.9 Å². The quantitative estimate of drug-likeness (QED) is 0.894. The number of aliphatic hydroxyl groups is 1. The molecular formula is C16H18N2O. The molecule has 4 rings (SSSR count). The van der Waals surface area contributed by atoms with Crippen LogP contribution in [-0.2, 0) is 13.5 Å². The Labute approximate surface area is 112 Å². The lowest BCUT2D eigenvalue weighted by molar-refractivity contribution is 0.136. The van der Waals surface area contributed by atoms with E-state index < -0.39 is 0 Å². The average Bonchev–Trinajstić information content (AvgIpc) is 3.04. The molecule has 3 heteroatoms. The third kappa shape index (κ3) is 1.58. The molecule has 0 amide bonds.